The number of hydrogen-bond acceptors (Lipinski definition) is 3. The van der Waals surface area contributed by atoms with Gasteiger partial charge >= 0.3 is 5.97 Å². The average Bonchev–Trinajstić information content (AvgIpc) is 2.87. The van der Waals surface area contributed by atoms with Crippen molar-refractivity contribution in [3.63, 3.8) is 0 Å². The van der Waals surface area contributed by atoms with E-state index >= 15 is 0 Å². The van der Waals surface area contributed by atoms with Crippen LogP contribution in [0, 0.1) is 12.8 Å². The van der Waals surface area contributed by atoms with Gasteiger partial charge in [0.05, 0.1) is 6.04 Å². The van der Waals surface area contributed by atoms with Crippen molar-refractivity contribution in [1.82, 2.24) is 10.3 Å². The number of H-pyrrole nitrogens is 1. The highest BCUT2D eigenvalue weighted by Crippen LogP contribution is 2.21. The van der Waals surface area contributed by atoms with E-state index in [1.807, 2.05) is 39.0 Å². The van der Waals surface area contributed by atoms with Gasteiger partial charge in [0.15, 0.2) is 0 Å². The Morgan fingerprint density at radius 2 is 2.04 bits per heavy atom. The lowest BCUT2D eigenvalue weighted by Gasteiger charge is -2.18. The molecule has 1 aromatic heterocycles. The van der Waals surface area contributed by atoms with Gasteiger partial charge in [-0.1, -0.05) is 25.5 Å². The molecule has 0 spiro atoms. The van der Waals surface area contributed by atoms with Crippen LogP contribution in [-0.2, 0) is 16.0 Å². The Bertz CT molecular complexity index is 736. The minimum atomic E-state index is -1.07. The molecule has 0 aliphatic heterocycles. The van der Waals surface area contributed by atoms with Gasteiger partial charge in [0.2, 0.25) is 5.91 Å². The number of amides is 1. The van der Waals surface area contributed by atoms with Crippen LogP contribution in [0.1, 0.15) is 31.4 Å². The fourth-order valence-corrected chi connectivity index (χ4v) is 2.77. The number of benzene rings is 1. The van der Waals surface area contributed by atoms with Crippen LogP contribution in [-0.4, -0.2) is 34.1 Å². The van der Waals surface area contributed by atoms with Crippen molar-refractivity contribution < 1.29 is 14.7 Å². The van der Waals surface area contributed by atoms with Gasteiger partial charge in [-0.2, -0.15) is 0 Å². The summed E-state index contributed by atoms with van der Waals surface area (Å²) in [6, 6.07) is 4.25. The number of aliphatic carboxylic acids is 1. The second kappa shape index (κ2) is 7.49. The molecule has 6 nitrogen and oxygen atoms in total. The van der Waals surface area contributed by atoms with Crippen LogP contribution in [0.3, 0.4) is 0 Å². The predicted octanol–water partition coefficient (Wildman–Crippen LogP) is 1.96. The highest BCUT2D eigenvalue weighted by Gasteiger charge is 2.25. The first-order chi connectivity index (χ1) is 11.3. The molecular formula is C18H25N3O3. The van der Waals surface area contributed by atoms with Crippen molar-refractivity contribution in [1.29, 1.82) is 0 Å². The Morgan fingerprint density at radius 1 is 1.33 bits per heavy atom. The molecule has 0 aliphatic rings. The summed E-state index contributed by atoms with van der Waals surface area (Å²) in [5.74, 6) is -1.22. The second-order valence-corrected chi connectivity index (χ2v) is 6.70. The molecule has 2 aromatic rings. The molecule has 1 heterocycles. The van der Waals surface area contributed by atoms with E-state index < -0.39 is 24.0 Å². The van der Waals surface area contributed by atoms with Gasteiger partial charge in [-0.3, -0.25) is 4.79 Å². The van der Waals surface area contributed by atoms with Crippen molar-refractivity contribution in [2.45, 2.75) is 45.7 Å². The molecule has 6 heteroatoms. The Labute approximate surface area is 141 Å². The van der Waals surface area contributed by atoms with Crippen LogP contribution in [0.4, 0.5) is 0 Å². The monoisotopic (exact) mass is 331 g/mol. The van der Waals surface area contributed by atoms with Gasteiger partial charge in [0, 0.05) is 23.5 Å². The number of carbonyl (C=O) groups excluding carboxylic acids is 1. The molecular weight excluding hydrogens is 306 g/mol. The average molecular weight is 331 g/mol. The summed E-state index contributed by atoms with van der Waals surface area (Å²) in [5.41, 5.74) is 8.74. The molecule has 2 rings (SSSR count). The third-order valence-electron chi connectivity index (χ3n) is 4.02. The maximum Gasteiger partial charge on any atom is 0.326 e. The molecule has 0 radical (unpaired) electrons. The molecule has 24 heavy (non-hydrogen) atoms. The zero-order valence-electron chi connectivity index (χ0n) is 14.3. The zero-order valence-corrected chi connectivity index (χ0v) is 14.3. The number of hydrogen-bond donors (Lipinski definition) is 4. The van der Waals surface area contributed by atoms with Gasteiger partial charge < -0.3 is 21.1 Å². The van der Waals surface area contributed by atoms with E-state index in [9.17, 15) is 14.7 Å². The van der Waals surface area contributed by atoms with E-state index in [-0.39, 0.29) is 12.3 Å². The molecule has 0 aliphatic carbocycles. The van der Waals surface area contributed by atoms with Crippen molar-refractivity contribution in [2.75, 3.05) is 0 Å². The number of nitrogens with one attached hydrogen (secondary N) is 2. The van der Waals surface area contributed by atoms with Gasteiger partial charge in [-0.15, -0.1) is 0 Å². The van der Waals surface area contributed by atoms with Crippen LogP contribution in [0.5, 0.6) is 0 Å². The Morgan fingerprint density at radius 3 is 2.67 bits per heavy atom. The number of carboxylic acid groups (broad SMARTS) is 1. The number of aromatic amines is 1. The minimum Gasteiger partial charge on any atom is -0.480 e. The van der Waals surface area contributed by atoms with Crippen LogP contribution < -0.4 is 11.1 Å². The third kappa shape index (κ3) is 4.35. The van der Waals surface area contributed by atoms with Gasteiger partial charge in [-0.05, 0) is 37.0 Å². The number of carbonyl (C=O) groups is 2. The van der Waals surface area contributed by atoms with Gasteiger partial charge in [-0.25, -0.2) is 4.79 Å². The number of carboxylic acids is 1. The van der Waals surface area contributed by atoms with Crippen LogP contribution in [0.15, 0.2) is 24.4 Å². The maximum absolute atomic E-state index is 12.1. The van der Waals surface area contributed by atoms with Crippen LogP contribution >= 0.6 is 0 Å². The first-order valence-electron chi connectivity index (χ1n) is 8.13. The number of aryl methyl sites for hydroxylation is 1. The topological polar surface area (TPSA) is 108 Å². The Hall–Kier alpha value is -2.34. The fourth-order valence-electron chi connectivity index (χ4n) is 2.77. The number of rotatable bonds is 7. The molecule has 0 fully saturated rings. The van der Waals surface area contributed by atoms with Crippen LogP contribution in [0.2, 0.25) is 0 Å². The van der Waals surface area contributed by atoms with Gasteiger partial charge in [0.25, 0.3) is 0 Å². The normalized spacial score (nSPS) is 13.9. The van der Waals surface area contributed by atoms with E-state index in [0.717, 1.165) is 22.0 Å². The highest BCUT2D eigenvalue weighted by molar-refractivity contribution is 5.88. The molecule has 130 valence electrons. The Balaban J connectivity index is 2.14. The molecule has 2 atom stereocenters. The van der Waals surface area contributed by atoms with E-state index in [4.69, 9.17) is 5.73 Å². The largest absolute Gasteiger partial charge is 0.480 e. The summed E-state index contributed by atoms with van der Waals surface area (Å²) in [4.78, 5) is 26.8. The molecule has 0 saturated heterocycles. The summed E-state index contributed by atoms with van der Waals surface area (Å²) in [6.45, 7) is 5.92. The van der Waals surface area contributed by atoms with Crippen molar-refractivity contribution >= 4 is 22.8 Å². The maximum atomic E-state index is 12.1. The molecule has 1 aromatic carbocycles. The quantitative estimate of drug-likeness (QED) is 0.622. The number of fused-ring (bicyclic) bond motifs is 1. The van der Waals surface area contributed by atoms with E-state index in [1.54, 1.807) is 6.20 Å². The summed E-state index contributed by atoms with van der Waals surface area (Å²) in [5, 5.41) is 13.0. The lowest BCUT2D eigenvalue weighted by atomic mass is 10.0. The molecule has 1 amide bonds. The summed E-state index contributed by atoms with van der Waals surface area (Å²) in [6.07, 6.45) is 2.52. The molecule has 1 unspecified atom stereocenters. The minimum absolute atomic E-state index is 0.207. The van der Waals surface area contributed by atoms with Crippen LogP contribution in [0.25, 0.3) is 10.9 Å². The van der Waals surface area contributed by atoms with Crippen molar-refractivity contribution in [3.8, 4) is 0 Å². The van der Waals surface area contributed by atoms with Gasteiger partial charge in [0.1, 0.15) is 6.04 Å². The van der Waals surface area contributed by atoms with E-state index in [1.165, 1.54) is 0 Å². The highest BCUT2D eigenvalue weighted by atomic mass is 16.4. The molecule has 0 saturated carbocycles. The lowest BCUT2D eigenvalue weighted by Crippen LogP contribution is -2.49. The van der Waals surface area contributed by atoms with E-state index in [2.05, 4.69) is 10.3 Å². The Kier molecular flexibility index (Phi) is 5.62. The second-order valence-electron chi connectivity index (χ2n) is 6.70. The lowest BCUT2D eigenvalue weighted by molar-refractivity contribution is -0.142. The number of aromatic nitrogens is 1. The van der Waals surface area contributed by atoms with Crippen molar-refractivity contribution in [2.24, 2.45) is 11.7 Å². The molecule has 0 bridgehead atoms. The summed E-state index contributed by atoms with van der Waals surface area (Å²) >= 11 is 0. The van der Waals surface area contributed by atoms with E-state index in [0.29, 0.717) is 6.42 Å². The summed E-state index contributed by atoms with van der Waals surface area (Å²) in [7, 11) is 0. The first-order valence-corrected chi connectivity index (χ1v) is 8.13. The number of nitrogens with two attached hydrogens (primary N) is 1. The first kappa shape index (κ1) is 18.0. The smallest absolute Gasteiger partial charge is 0.326 e. The summed E-state index contributed by atoms with van der Waals surface area (Å²) < 4.78 is 0. The fraction of sp³-hybridized carbons (Fsp3) is 0.444. The predicted molar refractivity (Wildman–Crippen MR) is 93.7 cm³/mol. The third-order valence-corrected chi connectivity index (χ3v) is 4.02. The van der Waals surface area contributed by atoms with Crippen molar-refractivity contribution in [3.05, 3.63) is 35.5 Å². The standard InChI is InChI=1S/C18H25N3O3/c1-10(2)6-14(19)17(22)21-16(18(23)24)8-12-9-20-15-5-4-11(3)7-13(12)15/h4-5,7,9-10,14,16,20H,6,8,19H2,1-3H3,(H,21,22)(H,23,24)/t14-,16?/m0/s1. The molecule has 5 N–H and O–H groups in total. The SMILES string of the molecule is Cc1ccc2[nH]cc(CC(NC(=O)[C@@H](N)CC(C)C)C(=O)O)c2c1. The zero-order chi connectivity index (χ0) is 17.9.